The highest BCUT2D eigenvalue weighted by atomic mass is 19.1. The van der Waals surface area contributed by atoms with Crippen molar-refractivity contribution in [1.82, 2.24) is 0 Å². The summed E-state index contributed by atoms with van der Waals surface area (Å²) < 4.78 is 23.6. The van der Waals surface area contributed by atoms with Gasteiger partial charge in [-0.3, -0.25) is 9.59 Å². The summed E-state index contributed by atoms with van der Waals surface area (Å²) in [4.78, 5) is 23.5. The molecular formula is C17H15FN2O4. The van der Waals surface area contributed by atoms with Crippen molar-refractivity contribution in [3.8, 4) is 11.5 Å². The third-order valence-corrected chi connectivity index (χ3v) is 3.38. The van der Waals surface area contributed by atoms with E-state index in [0.717, 1.165) is 0 Å². The second-order valence-electron chi connectivity index (χ2n) is 5.25. The number of amides is 2. The summed E-state index contributed by atoms with van der Waals surface area (Å²) in [5.41, 5.74) is 0.996. The third-order valence-electron chi connectivity index (χ3n) is 3.38. The predicted octanol–water partition coefficient (Wildman–Crippen LogP) is 2.56. The number of rotatable bonds is 4. The lowest BCUT2D eigenvalue weighted by atomic mass is 10.2. The minimum Gasteiger partial charge on any atom is -0.482 e. The molecule has 0 radical (unpaired) electrons. The Kier molecular flexibility index (Phi) is 4.33. The molecule has 3 rings (SSSR count). The Morgan fingerprint density at radius 3 is 2.79 bits per heavy atom. The van der Waals surface area contributed by atoms with Gasteiger partial charge in [-0.1, -0.05) is 0 Å². The first-order valence-electron chi connectivity index (χ1n) is 7.31. The number of benzene rings is 2. The Morgan fingerprint density at radius 1 is 1.29 bits per heavy atom. The lowest BCUT2D eigenvalue weighted by Crippen LogP contribution is -2.30. The van der Waals surface area contributed by atoms with Crippen LogP contribution < -0.4 is 20.1 Å². The number of halogens is 1. The standard InChI is InChI=1S/C17H15FN2O4/c1-10(24-13-5-2-11(18)3-6-13)17(22)19-12-4-7-15-14(8-12)20-16(21)9-23-15/h2-8,10H,9H2,1H3,(H,19,22)(H,20,21)/t10-/m1/s1. The van der Waals surface area contributed by atoms with E-state index in [-0.39, 0.29) is 24.2 Å². The van der Waals surface area contributed by atoms with Gasteiger partial charge in [0.2, 0.25) is 0 Å². The topological polar surface area (TPSA) is 76.7 Å². The van der Waals surface area contributed by atoms with Crippen LogP contribution in [-0.4, -0.2) is 24.5 Å². The lowest BCUT2D eigenvalue weighted by molar-refractivity contribution is -0.122. The van der Waals surface area contributed by atoms with Gasteiger partial charge in [0.15, 0.2) is 12.7 Å². The van der Waals surface area contributed by atoms with Gasteiger partial charge < -0.3 is 20.1 Å². The van der Waals surface area contributed by atoms with Crippen LogP contribution in [0.4, 0.5) is 15.8 Å². The molecule has 0 aromatic heterocycles. The number of fused-ring (bicyclic) bond motifs is 1. The number of carbonyl (C=O) groups excluding carboxylic acids is 2. The van der Waals surface area contributed by atoms with Crippen molar-refractivity contribution in [3.63, 3.8) is 0 Å². The zero-order chi connectivity index (χ0) is 17.1. The third kappa shape index (κ3) is 3.62. The molecular weight excluding hydrogens is 315 g/mol. The number of anilines is 2. The molecule has 2 amide bonds. The molecule has 2 aromatic rings. The molecule has 0 spiro atoms. The second-order valence-corrected chi connectivity index (χ2v) is 5.25. The molecule has 124 valence electrons. The molecule has 1 heterocycles. The number of hydrogen-bond acceptors (Lipinski definition) is 4. The van der Waals surface area contributed by atoms with Gasteiger partial charge >= 0.3 is 0 Å². The molecule has 0 saturated heterocycles. The molecule has 2 N–H and O–H groups in total. The maximum absolute atomic E-state index is 12.9. The molecule has 7 heteroatoms. The average Bonchev–Trinajstić information content (AvgIpc) is 2.56. The first kappa shape index (κ1) is 15.8. The van der Waals surface area contributed by atoms with E-state index in [1.807, 2.05) is 0 Å². The Bertz CT molecular complexity index is 777. The van der Waals surface area contributed by atoms with E-state index in [1.165, 1.54) is 24.3 Å². The first-order chi connectivity index (χ1) is 11.5. The van der Waals surface area contributed by atoms with E-state index >= 15 is 0 Å². The number of hydrogen-bond donors (Lipinski definition) is 2. The Labute approximate surface area is 137 Å². The molecule has 0 fully saturated rings. The quantitative estimate of drug-likeness (QED) is 0.903. The van der Waals surface area contributed by atoms with Crippen molar-refractivity contribution in [1.29, 1.82) is 0 Å². The van der Waals surface area contributed by atoms with E-state index in [2.05, 4.69) is 10.6 Å². The summed E-state index contributed by atoms with van der Waals surface area (Å²) in [6.45, 7) is 1.56. The van der Waals surface area contributed by atoms with Gasteiger partial charge in [-0.2, -0.15) is 0 Å². The van der Waals surface area contributed by atoms with Crippen molar-refractivity contribution in [2.45, 2.75) is 13.0 Å². The van der Waals surface area contributed by atoms with Crippen LogP contribution in [0.5, 0.6) is 11.5 Å². The molecule has 1 atom stereocenters. The number of nitrogens with one attached hydrogen (secondary N) is 2. The van der Waals surface area contributed by atoms with E-state index in [9.17, 15) is 14.0 Å². The van der Waals surface area contributed by atoms with Crippen LogP contribution in [0.1, 0.15) is 6.92 Å². The van der Waals surface area contributed by atoms with Gasteiger partial charge in [0, 0.05) is 5.69 Å². The molecule has 2 aromatic carbocycles. The normalized spacial score (nSPS) is 14.0. The fraction of sp³-hybridized carbons (Fsp3) is 0.176. The van der Waals surface area contributed by atoms with Crippen molar-refractivity contribution in [2.24, 2.45) is 0 Å². The fourth-order valence-corrected chi connectivity index (χ4v) is 2.18. The van der Waals surface area contributed by atoms with Gasteiger partial charge in [0.25, 0.3) is 11.8 Å². The molecule has 6 nitrogen and oxygen atoms in total. The lowest BCUT2D eigenvalue weighted by Gasteiger charge is -2.19. The minimum absolute atomic E-state index is 0.0265. The highest BCUT2D eigenvalue weighted by Crippen LogP contribution is 2.30. The van der Waals surface area contributed by atoms with Crippen LogP contribution in [0.25, 0.3) is 0 Å². The van der Waals surface area contributed by atoms with Crippen LogP contribution in [-0.2, 0) is 9.59 Å². The molecule has 1 aliphatic rings. The molecule has 24 heavy (non-hydrogen) atoms. The van der Waals surface area contributed by atoms with E-state index < -0.39 is 6.10 Å². The smallest absolute Gasteiger partial charge is 0.265 e. The maximum Gasteiger partial charge on any atom is 0.265 e. The van der Waals surface area contributed by atoms with Gasteiger partial charge in [0.05, 0.1) is 5.69 Å². The van der Waals surface area contributed by atoms with Crippen LogP contribution in [0.15, 0.2) is 42.5 Å². The van der Waals surface area contributed by atoms with Crippen LogP contribution in [0.3, 0.4) is 0 Å². The van der Waals surface area contributed by atoms with Crippen LogP contribution >= 0.6 is 0 Å². The van der Waals surface area contributed by atoms with Crippen molar-refractivity contribution < 1.29 is 23.5 Å². The Balaban J connectivity index is 1.64. The Hall–Kier alpha value is -3.09. The van der Waals surface area contributed by atoms with Crippen molar-refractivity contribution >= 4 is 23.2 Å². The largest absolute Gasteiger partial charge is 0.482 e. The SMILES string of the molecule is C[C@@H](Oc1ccc(F)cc1)C(=O)Nc1ccc2c(c1)NC(=O)CO2. The molecule has 0 unspecified atom stereocenters. The van der Waals surface area contributed by atoms with E-state index in [4.69, 9.17) is 9.47 Å². The highest BCUT2D eigenvalue weighted by molar-refractivity contribution is 5.98. The van der Waals surface area contributed by atoms with Gasteiger partial charge in [-0.25, -0.2) is 4.39 Å². The van der Waals surface area contributed by atoms with Crippen LogP contribution in [0.2, 0.25) is 0 Å². The molecule has 0 aliphatic carbocycles. The minimum atomic E-state index is -0.780. The fourth-order valence-electron chi connectivity index (χ4n) is 2.18. The first-order valence-corrected chi connectivity index (χ1v) is 7.31. The molecule has 0 bridgehead atoms. The number of ether oxygens (including phenoxy) is 2. The maximum atomic E-state index is 12.9. The average molecular weight is 330 g/mol. The van der Waals surface area contributed by atoms with E-state index in [0.29, 0.717) is 22.9 Å². The number of carbonyl (C=O) groups is 2. The monoisotopic (exact) mass is 330 g/mol. The summed E-state index contributed by atoms with van der Waals surface area (Å²) in [5, 5.41) is 5.36. The van der Waals surface area contributed by atoms with Gasteiger partial charge in [-0.15, -0.1) is 0 Å². The summed E-state index contributed by atoms with van der Waals surface area (Å²) in [6.07, 6.45) is -0.780. The van der Waals surface area contributed by atoms with Gasteiger partial charge in [0.1, 0.15) is 17.3 Å². The summed E-state index contributed by atoms with van der Waals surface area (Å²) >= 11 is 0. The van der Waals surface area contributed by atoms with Gasteiger partial charge in [-0.05, 0) is 49.4 Å². The predicted molar refractivity (Wildman–Crippen MR) is 85.7 cm³/mol. The summed E-state index contributed by atoms with van der Waals surface area (Å²) in [5.74, 6) is -0.0625. The molecule has 0 saturated carbocycles. The summed E-state index contributed by atoms with van der Waals surface area (Å²) in [7, 11) is 0. The van der Waals surface area contributed by atoms with Crippen molar-refractivity contribution in [3.05, 3.63) is 48.3 Å². The molecule has 1 aliphatic heterocycles. The zero-order valence-corrected chi connectivity index (χ0v) is 12.8. The Morgan fingerprint density at radius 2 is 2.04 bits per heavy atom. The van der Waals surface area contributed by atoms with Crippen molar-refractivity contribution in [2.75, 3.05) is 17.2 Å². The zero-order valence-electron chi connectivity index (χ0n) is 12.8. The van der Waals surface area contributed by atoms with Crippen LogP contribution in [0, 0.1) is 5.82 Å². The summed E-state index contributed by atoms with van der Waals surface area (Å²) in [6, 6.07) is 10.3. The second kappa shape index (κ2) is 6.57. The highest BCUT2D eigenvalue weighted by Gasteiger charge is 2.18. The van der Waals surface area contributed by atoms with E-state index in [1.54, 1.807) is 25.1 Å².